The fourth-order valence-electron chi connectivity index (χ4n) is 4.25. The van der Waals surface area contributed by atoms with Crippen molar-refractivity contribution < 1.29 is 13.6 Å². The maximum Gasteiger partial charge on any atom is 0.199 e. The van der Waals surface area contributed by atoms with Crippen molar-refractivity contribution in [2.75, 3.05) is 58.4 Å². The molecule has 0 spiro atoms. The first kappa shape index (κ1) is 22.7. The van der Waals surface area contributed by atoms with Crippen LogP contribution in [0.1, 0.15) is 24.7 Å². The Kier molecular flexibility index (Phi) is 6.65. The lowest BCUT2D eigenvalue weighted by atomic mass is 10.0. The quantitative estimate of drug-likeness (QED) is 0.455. The Hall–Kier alpha value is -2.06. The predicted octanol–water partition coefficient (Wildman–Crippen LogP) is 5.33. The SMILES string of the molecule is C[N+]1(C)CCN(c2ccc(-c3nc(C4CCOCC4)oc3Sc3ccc(Cl)cc3)cn2)CC1. The maximum absolute atomic E-state index is 6.34. The molecule has 0 aliphatic carbocycles. The number of aromatic nitrogens is 2. The molecule has 4 heterocycles. The Morgan fingerprint density at radius 3 is 2.42 bits per heavy atom. The van der Waals surface area contributed by atoms with Gasteiger partial charge in [0.1, 0.15) is 11.5 Å². The molecule has 0 atom stereocenters. The molecule has 0 unspecified atom stereocenters. The van der Waals surface area contributed by atoms with Crippen molar-refractivity contribution in [3.8, 4) is 11.3 Å². The van der Waals surface area contributed by atoms with Crippen molar-refractivity contribution in [2.45, 2.75) is 28.7 Å². The van der Waals surface area contributed by atoms with Crippen molar-refractivity contribution in [3.05, 3.63) is 53.5 Å². The van der Waals surface area contributed by atoms with E-state index in [9.17, 15) is 0 Å². The van der Waals surface area contributed by atoms with Crippen LogP contribution in [0.5, 0.6) is 0 Å². The minimum Gasteiger partial charge on any atom is -0.433 e. The van der Waals surface area contributed by atoms with Crippen LogP contribution in [0.25, 0.3) is 11.3 Å². The van der Waals surface area contributed by atoms with Gasteiger partial charge in [-0.25, -0.2) is 9.97 Å². The fraction of sp³-hybridized carbons (Fsp3) is 0.440. The van der Waals surface area contributed by atoms with Crippen LogP contribution in [0.15, 0.2) is 57.0 Å². The van der Waals surface area contributed by atoms with E-state index < -0.39 is 0 Å². The van der Waals surface area contributed by atoms with Crippen LogP contribution in [-0.2, 0) is 4.74 Å². The van der Waals surface area contributed by atoms with Crippen LogP contribution in [0.3, 0.4) is 0 Å². The number of anilines is 1. The number of nitrogens with zero attached hydrogens (tertiary/aromatic N) is 4. The number of quaternary nitrogens is 1. The predicted molar refractivity (Wildman–Crippen MR) is 132 cm³/mol. The Labute approximate surface area is 204 Å². The van der Waals surface area contributed by atoms with Gasteiger partial charge in [0.15, 0.2) is 11.0 Å². The highest BCUT2D eigenvalue weighted by atomic mass is 35.5. The van der Waals surface area contributed by atoms with Gasteiger partial charge < -0.3 is 18.5 Å². The highest BCUT2D eigenvalue weighted by Gasteiger charge is 2.27. The number of pyridine rings is 1. The van der Waals surface area contributed by atoms with Gasteiger partial charge in [-0.2, -0.15) is 0 Å². The summed E-state index contributed by atoms with van der Waals surface area (Å²) < 4.78 is 12.9. The van der Waals surface area contributed by atoms with E-state index in [-0.39, 0.29) is 0 Å². The molecule has 1 aromatic carbocycles. The lowest BCUT2D eigenvalue weighted by Gasteiger charge is -2.39. The third-order valence-corrected chi connectivity index (χ3v) is 7.73. The highest BCUT2D eigenvalue weighted by molar-refractivity contribution is 7.99. The van der Waals surface area contributed by atoms with Crippen molar-refractivity contribution in [3.63, 3.8) is 0 Å². The Bertz CT molecular complexity index is 1070. The lowest BCUT2D eigenvalue weighted by molar-refractivity contribution is -0.890. The summed E-state index contributed by atoms with van der Waals surface area (Å²) in [5.74, 6) is 2.11. The molecule has 6 nitrogen and oxygen atoms in total. The first-order valence-corrected chi connectivity index (χ1v) is 12.7. The van der Waals surface area contributed by atoms with E-state index in [1.165, 1.54) is 0 Å². The first-order chi connectivity index (χ1) is 16.0. The molecular formula is C25H30ClN4O2S+. The van der Waals surface area contributed by atoms with Gasteiger partial charge in [-0.1, -0.05) is 11.6 Å². The average Bonchev–Trinajstić information content (AvgIpc) is 3.25. The molecule has 2 fully saturated rings. The Morgan fingerprint density at radius 1 is 1.03 bits per heavy atom. The first-order valence-electron chi connectivity index (χ1n) is 11.5. The zero-order chi connectivity index (χ0) is 22.8. The summed E-state index contributed by atoms with van der Waals surface area (Å²) in [5.41, 5.74) is 1.83. The van der Waals surface area contributed by atoms with E-state index in [2.05, 4.69) is 31.1 Å². The van der Waals surface area contributed by atoms with Crippen molar-refractivity contribution in [1.29, 1.82) is 0 Å². The summed E-state index contributed by atoms with van der Waals surface area (Å²) in [6, 6.07) is 12.0. The second-order valence-electron chi connectivity index (χ2n) is 9.41. The summed E-state index contributed by atoms with van der Waals surface area (Å²) in [4.78, 5) is 13.2. The Morgan fingerprint density at radius 2 is 1.76 bits per heavy atom. The number of likely N-dealkylation sites (N-methyl/N-ethyl adjacent to an activating group) is 1. The van der Waals surface area contributed by atoms with Crippen LogP contribution >= 0.6 is 23.4 Å². The van der Waals surface area contributed by atoms with E-state index in [1.807, 2.05) is 30.5 Å². The smallest absolute Gasteiger partial charge is 0.199 e. The second-order valence-corrected chi connectivity index (χ2v) is 10.9. The van der Waals surface area contributed by atoms with Gasteiger partial charge in [0.05, 0.1) is 40.3 Å². The summed E-state index contributed by atoms with van der Waals surface area (Å²) in [7, 11) is 4.57. The summed E-state index contributed by atoms with van der Waals surface area (Å²) in [5, 5.41) is 1.52. The molecule has 0 bridgehead atoms. The largest absolute Gasteiger partial charge is 0.433 e. The van der Waals surface area contributed by atoms with Crippen molar-refractivity contribution in [2.24, 2.45) is 0 Å². The second kappa shape index (κ2) is 9.66. The van der Waals surface area contributed by atoms with Crippen molar-refractivity contribution >= 4 is 29.2 Å². The number of halogens is 1. The summed E-state index contributed by atoms with van der Waals surface area (Å²) >= 11 is 7.65. The topological polar surface area (TPSA) is 51.4 Å². The van der Waals surface area contributed by atoms with E-state index >= 15 is 0 Å². The van der Waals surface area contributed by atoms with E-state index in [4.69, 9.17) is 30.7 Å². The van der Waals surface area contributed by atoms with E-state index in [0.29, 0.717) is 5.92 Å². The molecule has 5 rings (SSSR count). The molecule has 2 aromatic heterocycles. The Balaban J connectivity index is 1.41. The minimum absolute atomic E-state index is 0.291. The molecule has 33 heavy (non-hydrogen) atoms. The number of benzene rings is 1. The lowest BCUT2D eigenvalue weighted by Crippen LogP contribution is -2.55. The molecular weight excluding hydrogens is 456 g/mol. The van der Waals surface area contributed by atoms with Gasteiger partial charge in [0, 0.05) is 40.8 Å². The number of hydrogen-bond donors (Lipinski definition) is 0. The molecule has 2 aliphatic rings. The molecule has 2 aliphatic heterocycles. The average molecular weight is 486 g/mol. The third-order valence-electron chi connectivity index (χ3n) is 6.50. The number of piperazine rings is 1. The standard InChI is InChI=1S/C25H30ClN4O2S/c1-30(2)13-11-29(12-14-30)22-8-3-19(17-27-22)23-25(33-21-6-4-20(26)5-7-21)32-24(28-23)18-9-15-31-16-10-18/h3-8,17-18H,9-16H2,1-2H3/q+1. The third kappa shape index (κ3) is 5.38. The van der Waals surface area contributed by atoms with E-state index in [1.54, 1.807) is 11.8 Å². The molecule has 8 heteroatoms. The van der Waals surface area contributed by atoms with Crippen LogP contribution in [0.4, 0.5) is 5.82 Å². The van der Waals surface area contributed by atoms with Crippen LogP contribution in [0, 0.1) is 0 Å². The van der Waals surface area contributed by atoms with Gasteiger partial charge in [0.2, 0.25) is 0 Å². The van der Waals surface area contributed by atoms with Crippen LogP contribution in [0.2, 0.25) is 5.02 Å². The molecule has 174 valence electrons. The number of oxazole rings is 1. The molecule has 0 N–H and O–H groups in total. The molecule has 0 radical (unpaired) electrons. The zero-order valence-corrected chi connectivity index (χ0v) is 20.7. The number of rotatable bonds is 5. The number of hydrogen-bond acceptors (Lipinski definition) is 6. The molecule has 0 amide bonds. The monoisotopic (exact) mass is 485 g/mol. The summed E-state index contributed by atoms with van der Waals surface area (Å²) in [6.45, 7) is 5.81. The molecule has 0 saturated carbocycles. The van der Waals surface area contributed by atoms with Crippen molar-refractivity contribution in [1.82, 2.24) is 9.97 Å². The minimum atomic E-state index is 0.291. The van der Waals surface area contributed by atoms with Gasteiger partial charge >= 0.3 is 0 Å². The molecule has 3 aromatic rings. The normalized spacial score (nSPS) is 19.1. The van der Waals surface area contributed by atoms with Gasteiger partial charge in [-0.15, -0.1) is 0 Å². The fourth-order valence-corrected chi connectivity index (χ4v) is 5.25. The van der Waals surface area contributed by atoms with Gasteiger partial charge in [-0.3, -0.25) is 0 Å². The van der Waals surface area contributed by atoms with Gasteiger partial charge in [-0.05, 0) is 61.0 Å². The maximum atomic E-state index is 6.34. The van der Waals surface area contributed by atoms with E-state index in [0.717, 1.165) is 94.7 Å². The zero-order valence-electron chi connectivity index (χ0n) is 19.2. The van der Waals surface area contributed by atoms with Gasteiger partial charge in [0.25, 0.3) is 0 Å². The number of ether oxygens (including phenoxy) is 1. The molecule has 2 saturated heterocycles. The van der Waals surface area contributed by atoms with Crippen LogP contribution in [-0.4, -0.2) is 67.9 Å². The highest BCUT2D eigenvalue weighted by Crippen LogP contribution is 2.40. The van der Waals surface area contributed by atoms with Crippen LogP contribution < -0.4 is 4.90 Å². The summed E-state index contributed by atoms with van der Waals surface area (Å²) in [6.07, 6.45) is 3.81.